The van der Waals surface area contributed by atoms with Gasteiger partial charge in [0.2, 0.25) is 0 Å². The number of para-hydroxylation sites is 2. The van der Waals surface area contributed by atoms with Crippen molar-refractivity contribution in [2.75, 3.05) is 19.0 Å². The quantitative estimate of drug-likeness (QED) is 0.577. The minimum Gasteiger partial charge on any atom is -0.495 e. The normalized spacial score (nSPS) is 11.0. The van der Waals surface area contributed by atoms with Crippen molar-refractivity contribution in [1.82, 2.24) is 5.43 Å². The highest BCUT2D eigenvalue weighted by Crippen LogP contribution is 2.22. The first kappa shape index (κ1) is 17.5. The summed E-state index contributed by atoms with van der Waals surface area (Å²) >= 11 is 0. The third-order valence-electron chi connectivity index (χ3n) is 3.46. The second-order valence-corrected chi connectivity index (χ2v) is 5.26. The maximum Gasteiger partial charge on any atom is 0.259 e. The second-order valence-electron chi connectivity index (χ2n) is 5.26. The average molecular weight is 325 g/mol. The number of carbonyl (C=O) groups is 1. The Kier molecular flexibility index (Phi) is 6.83. The molecule has 126 valence electrons. The lowest BCUT2D eigenvalue weighted by atomic mass is 10.1. The van der Waals surface area contributed by atoms with E-state index in [1.807, 2.05) is 54.6 Å². The van der Waals surface area contributed by atoms with Gasteiger partial charge in [-0.1, -0.05) is 55.8 Å². The van der Waals surface area contributed by atoms with Crippen LogP contribution in [-0.4, -0.2) is 25.3 Å². The number of ether oxygens (including phenoxy) is 1. The molecule has 0 radical (unpaired) electrons. The van der Waals surface area contributed by atoms with Gasteiger partial charge in [-0.2, -0.15) is 5.10 Å². The highest BCUT2D eigenvalue weighted by molar-refractivity contribution is 6.01. The molecule has 0 spiro atoms. The molecule has 2 N–H and O–H groups in total. The highest BCUT2D eigenvalue weighted by Gasteiger charge is 2.06. The van der Waals surface area contributed by atoms with Gasteiger partial charge in [0.15, 0.2) is 0 Å². The van der Waals surface area contributed by atoms with Crippen LogP contribution < -0.4 is 15.5 Å². The molecule has 5 nitrogen and oxygen atoms in total. The van der Waals surface area contributed by atoms with Crippen molar-refractivity contribution in [3.8, 4) is 5.75 Å². The Balaban J connectivity index is 1.95. The van der Waals surface area contributed by atoms with Crippen LogP contribution in [0.4, 0.5) is 5.69 Å². The number of nitrogens with one attached hydrogen (secondary N) is 2. The predicted octanol–water partition coefficient (Wildman–Crippen LogP) is 3.43. The smallest absolute Gasteiger partial charge is 0.259 e. The van der Waals surface area contributed by atoms with Crippen LogP contribution in [0.2, 0.25) is 0 Å². The third kappa shape index (κ3) is 5.12. The number of carbonyl (C=O) groups excluding carboxylic acids is 1. The lowest BCUT2D eigenvalue weighted by Gasteiger charge is -2.10. The van der Waals surface area contributed by atoms with Gasteiger partial charge < -0.3 is 10.1 Å². The number of hydrazone groups is 1. The van der Waals surface area contributed by atoms with E-state index in [0.717, 1.165) is 29.8 Å². The summed E-state index contributed by atoms with van der Waals surface area (Å²) in [6, 6.07) is 17.3. The summed E-state index contributed by atoms with van der Waals surface area (Å²) in [5.41, 5.74) is 5.30. The standard InChI is InChI=1S/C19H23N3O2/c1-3-9-16(15-10-5-4-6-11-15)21-22-19(23)14-20-17-12-7-8-13-18(17)24-2/h4-8,10-13,20H,3,9,14H2,1-2H3,(H,22,23). The van der Waals surface area contributed by atoms with Crippen LogP contribution in [-0.2, 0) is 4.79 Å². The van der Waals surface area contributed by atoms with E-state index in [2.05, 4.69) is 22.8 Å². The van der Waals surface area contributed by atoms with Crippen LogP contribution in [0.15, 0.2) is 59.7 Å². The zero-order chi connectivity index (χ0) is 17.2. The van der Waals surface area contributed by atoms with Gasteiger partial charge in [-0.3, -0.25) is 4.79 Å². The largest absolute Gasteiger partial charge is 0.495 e. The molecular formula is C19H23N3O2. The van der Waals surface area contributed by atoms with E-state index in [4.69, 9.17) is 4.74 Å². The summed E-state index contributed by atoms with van der Waals surface area (Å²) in [5, 5.41) is 7.34. The molecule has 0 saturated carbocycles. The number of benzene rings is 2. The molecule has 0 aliphatic rings. The minimum absolute atomic E-state index is 0.123. The molecule has 0 aliphatic carbocycles. The molecule has 24 heavy (non-hydrogen) atoms. The van der Waals surface area contributed by atoms with Crippen LogP contribution >= 0.6 is 0 Å². The maximum absolute atomic E-state index is 12.0. The Bertz CT molecular complexity index is 684. The van der Waals surface area contributed by atoms with E-state index in [1.165, 1.54) is 0 Å². The summed E-state index contributed by atoms with van der Waals surface area (Å²) in [6.45, 7) is 2.21. The molecular weight excluding hydrogens is 302 g/mol. The van der Waals surface area contributed by atoms with E-state index in [9.17, 15) is 4.79 Å². The lowest BCUT2D eigenvalue weighted by Crippen LogP contribution is -2.27. The molecule has 0 unspecified atom stereocenters. The van der Waals surface area contributed by atoms with Gasteiger partial charge in [-0.05, 0) is 24.1 Å². The molecule has 0 fully saturated rings. The first-order valence-electron chi connectivity index (χ1n) is 8.02. The van der Waals surface area contributed by atoms with Gasteiger partial charge in [0.1, 0.15) is 5.75 Å². The van der Waals surface area contributed by atoms with Crippen LogP contribution in [0.5, 0.6) is 5.75 Å². The summed E-state index contributed by atoms with van der Waals surface area (Å²) in [5.74, 6) is 0.496. The first-order valence-corrected chi connectivity index (χ1v) is 8.02. The fourth-order valence-corrected chi connectivity index (χ4v) is 2.27. The zero-order valence-electron chi connectivity index (χ0n) is 14.1. The summed E-state index contributed by atoms with van der Waals surface area (Å²) in [6.07, 6.45) is 1.77. The van der Waals surface area contributed by atoms with Crippen molar-refractivity contribution >= 4 is 17.3 Å². The van der Waals surface area contributed by atoms with Gasteiger partial charge in [0.05, 0.1) is 25.1 Å². The lowest BCUT2D eigenvalue weighted by molar-refractivity contribution is -0.119. The number of nitrogens with zero attached hydrogens (tertiary/aromatic N) is 1. The van der Waals surface area contributed by atoms with Crippen molar-refractivity contribution in [3.63, 3.8) is 0 Å². The van der Waals surface area contributed by atoms with Crippen molar-refractivity contribution in [3.05, 3.63) is 60.2 Å². The monoisotopic (exact) mass is 325 g/mol. The van der Waals surface area contributed by atoms with E-state index in [0.29, 0.717) is 5.75 Å². The summed E-state index contributed by atoms with van der Waals surface area (Å²) in [7, 11) is 1.60. The van der Waals surface area contributed by atoms with E-state index in [1.54, 1.807) is 7.11 Å². The molecule has 0 heterocycles. The SMILES string of the molecule is CCCC(=NNC(=O)CNc1ccccc1OC)c1ccccc1. The van der Waals surface area contributed by atoms with Crippen LogP contribution in [0.1, 0.15) is 25.3 Å². The van der Waals surface area contributed by atoms with Crippen molar-refractivity contribution in [1.29, 1.82) is 0 Å². The van der Waals surface area contributed by atoms with Gasteiger partial charge in [-0.25, -0.2) is 5.43 Å². The molecule has 0 bridgehead atoms. The Labute approximate surface area is 142 Å². The molecule has 5 heteroatoms. The zero-order valence-corrected chi connectivity index (χ0v) is 14.1. The first-order chi connectivity index (χ1) is 11.7. The van der Waals surface area contributed by atoms with Crippen LogP contribution in [0, 0.1) is 0 Å². The number of rotatable bonds is 8. The molecule has 1 amide bonds. The molecule has 0 aromatic heterocycles. The molecule has 0 atom stereocenters. The maximum atomic E-state index is 12.0. The van der Waals surface area contributed by atoms with E-state index < -0.39 is 0 Å². The molecule has 0 aliphatic heterocycles. The fourth-order valence-electron chi connectivity index (χ4n) is 2.27. The van der Waals surface area contributed by atoms with Crippen molar-refractivity contribution in [2.45, 2.75) is 19.8 Å². The van der Waals surface area contributed by atoms with Crippen LogP contribution in [0.3, 0.4) is 0 Å². The van der Waals surface area contributed by atoms with Crippen LogP contribution in [0.25, 0.3) is 0 Å². The number of amides is 1. The summed E-state index contributed by atoms with van der Waals surface area (Å²) < 4.78 is 5.24. The van der Waals surface area contributed by atoms with Crippen molar-refractivity contribution in [2.24, 2.45) is 5.10 Å². The topological polar surface area (TPSA) is 62.7 Å². The highest BCUT2D eigenvalue weighted by atomic mass is 16.5. The minimum atomic E-state index is -0.203. The Morgan fingerprint density at radius 1 is 1.08 bits per heavy atom. The Morgan fingerprint density at radius 3 is 2.50 bits per heavy atom. The fraction of sp³-hybridized carbons (Fsp3) is 0.263. The number of methoxy groups -OCH3 is 1. The molecule has 2 rings (SSSR count). The van der Waals surface area contributed by atoms with Gasteiger partial charge in [0.25, 0.3) is 5.91 Å². The van der Waals surface area contributed by atoms with Gasteiger partial charge in [0, 0.05) is 0 Å². The van der Waals surface area contributed by atoms with E-state index in [-0.39, 0.29) is 12.5 Å². The summed E-state index contributed by atoms with van der Waals surface area (Å²) in [4.78, 5) is 12.0. The number of anilines is 1. The second kappa shape index (κ2) is 9.35. The predicted molar refractivity (Wildman–Crippen MR) is 97.5 cm³/mol. The Hall–Kier alpha value is -2.82. The van der Waals surface area contributed by atoms with E-state index >= 15 is 0 Å². The Morgan fingerprint density at radius 2 is 1.79 bits per heavy atom. The van der Waals surface area contributed by atoms with Crippen molar-refractivity contribution < 1.29 is 9.53 Å². The molecule has 0 saturated heterocycles. The van der Waals surface area contributed by atoms with Gasteiger partial charge in [-0.15, -0.1) is 0 Å². The number of hydrogen-bond donors (Lipinski definition) is 2. The average Bonchev–Trinajstić information content (AvgIpc) is 2.64. The third-order valence-corrected chi connectivity index (χ3v) is 3.46. The van der Waals surface area contributed by atoms with Gasteiger partial charge >= 0.3 is 0 Å². The molecule has 2 aromatic rings. The number of hydrogen-bond acceptors (Lipinski definition) is 4. The molecule has 2 aromatic carbocycles.